The maximum Gasteiger partial charge on any atom is 0.246 e. The lowest BCUT2D eigenvalue weighted by Crippen LogP contribution is -2.39. The molecule has 1 amide bonds. The molecule has 6 heteroatoms. The average Bonchev–Trinajstić information content (AvgIpc) is 2.70. The Bertz CT molecular complexity index is 537. The van der Waals surface area contributed by atoms with Crippen molar-refractivity contribution in [1.82, 2.24) is 14.7 Å². The number of likely N-dealkylation sites (tertiary alicyclic amines) is 1. The molecule has 0 aromatic carbocycles. The van der Waals surface area contributed by atoms with Crippen molar-refractivity contribution in [3.05, 3.63) is 22.5 Å². The molecule has 1 saturated heterocycles. The smallest absolute Gasteiger partial charge is 0.246 e. The number of piperidine rings is 1. The van der Waals surface area contributed by atoms with Crippen molar-refractivity contribution >= 4 is 23.6 Å². The van der Waals surface area contributed by atoms with Gasteiger partial charge in [-0.25, -0.2) is 0 Å². The largest absolute Gasteiger partial charge is 0.396 e. The van der Waals surface area contributed by atoms with E-state index in [1.165, 1.54) is 0 Å². The minimum Gasteiger partial charge on any atom is -0.396 e. The molecule has 0 saturated carbocycles. The molecule has 1 aromatic rings. The molecule has 5 nitrogen and oxygen atoms in total. The zero-order valence-electron chi connectivity index (χ0n) is 12.5. The highest BCUT2D eigenvalue weighted by Crippen LogP contribution is 2.22. The monoisotopic (exact) mass is 311 g/mol. The fourth-order valence-corrected chi connectivity index (χ4v) is 3.02. The molecule has 0 aliphatic carbocycles. The number of aliphatic hydroxyl groups is 1. The van der Waals surface area contributed by atoms with E-state index in [2.05, 4.69) is 5.10 Å². The maximum atomic E-state index is 12.3. The van der Waals surface area contributed by atoms with Gasteiger partial charge in [0.2, 0.25) is 5.91 Å². The zero-order valence-corrected chi connectivity index (χ0v) is 13.3. The predicted octanol–water partition coefficient (Wildman–Crippen LogP) is 2.02. The van der Waals surface area contributed by atoms with Crippen molar-refractivity contribution in [2.45, 2.75) is 26.2 Å². The summed E-state index contributed by atoms with van der Waals surface area (Å²) in [5.41, 5.74) is 1.60. The first-order valence-electron chi connectivity index (χ1n) is 7.30. The molecule has 2 heterocycles. The maximum absolute atomic E-state index is 12.3. The Labute approximate surface area is 130 Å². The van der Waals surface area contributed by atoms with Crippen molar-refractivity contribution in [3.8, 4) is 0 Å². The number of hydrogen-bond donors (Lipinski definition) is 1. The summed E-state index contributed by atoms with van der Waals surface area (Å²) in [6.07, 6.45) is 6.15. The number of aryl methyl sites for hydroxylation is 2. The lowest BCUT2D eigenvalue weighted by atomic mass is 9.95. The number of aromatic nitrogens is 2. The summed E-state index contributed by atoms with van der Waals surface area (Å²) in [6.45, 7) is 3.57. The van der Waals surface area contributed by atoms with Crippen LogP contribution in [0.4, 0.5) is 0 Å². The molecule has 0 spiro atoms. The Morgan fingerprint density at radius 1 is 1.57 bits per heavy atom. The number of carbonyl (C=O) groups is 1. The van der Waals surface area contributed by atoms with Crippen LogP contribution < -0.4 is 0 Å². The first-order valence-corrected chi connectivity index (χ1v) is 7.67. The second kappa shape index (κ2) is 7.09. The normalized spacial score (nSPS) is 19.4. The van der Waals surface area contributed by atoms with Crippen LogP contribution in [0.1, 0.15) is 30.5 Å². The molecule has 1 N–H and O–H groups in total. The molecule has 2 rings (SSSR count). The second-order valence-electron chi connectivity index (χ2n) is 5.55. The van der Waals surface area contributed by atoms with E-state index in [1.807, 2.05) is 11.8 Å². The Hall–Kier alpha value is -1.33. The summed E-state index contributed by atoms with van der Waals surface area (Å²) >= 11 is 6.14. The van der Waals surface area contributed by atoms with Gasteiger partial charge in [0.25, 0.3) is 0 Å². The van der Waals surface area contributed by atoms with Gasteiger partial charge in [0.15, 0.2) is 0 Å². The van der Waals surface area contributed by atoms with Gasteiger partial charge in [-0.15, -0.1) is 0 Å². The van der Waals surface area contributed by atoms with Crippen molar-refractivity contribution in [1.29, 1.82) is 0 Å². The van der Waals surface area contributed by atoms with E-state index in [-0.39, 0.29) is 12.5 Å². The van der Waals surface area contributed by atoms with E-state index in [1.54, 1.807) is 23.9 Å². The van der Waals surface area contributed by atoms with Crippen LogP contribution in [-0.2, 0) is 11.8 Å². The molecular formula is C15H22ClN3O2. The Balaban J connectivity index is 2.02. The molecule has 1 atom stereocenters. The Kier molecular flexibility index (Phi) is 5.42. The van der Waals surface area contributed by atoms with Gasteiger partial charge >= 0.3 is 0 Å². The van der Waals surface area contributed by atoms with Crippen LogP contribution in [0.2, 0.25) is 5.15 Å². The fourth-order valence-electron chi connectivity index (χ4n) is 2.78. The summed E-state index contributed by atoms with van der Waals surface area (Å²) in [4.78, 5) is 14.1. The standard InChI is InChI=1S/C15H22ClN3O2/c1-11-13(15(16)18(2)17-11)5-6-14(21)19-8-3-4-12(10-19)7-9-20/h5-6,12,20H,3-4,7-10H2,1-2H3. The summed E-state index contributed by atoms with van der Waals surface area (Å²) in [5, 5.41) is 13.8. The third kappa shape index (κ3) is 3.86. The number of amides is 1. The SMILES string of the molecule is Cc1nn(C)c(Cl)c1C=CC(=O)N1CCCC(CCO)C1. The zero-order chi connectivity index (χ0) is 15.4. The van der Waals surface area contributed by atoms with Gasteiger partial charge in [-0.2, -0.15) is 5.10 Å². The quantitative estimate of drug-likeness (QED) is 0.865. The molecule has 1 aromatic heterocycles. The van der Waals surface area contributed by atoms with Crippen LogP contribution in [0.25, 0.3) is 6.08 Å². The third-order valence-electron chi connectivity index (χ3n) is 3.96. The summed E-state index contributed by atoms with van der Waals surface area (Å²) in [5.74, 6) is 0.404. The molecule has 0 bridgehead atoms. The summed E-state index contributed by atoms with van der Waals surface area (Å²) in [6, 6.07) is 0. The number of hydrogen-bond acceptors (Lipinski definition) is 3. The van der Waals surface area contributed by atoms with Gasteiger partial charge in [0.05, 0.1) is 5.69 Å². The van der Waals surface area contributed by atoms with Crippen molar-refractivity contribution < 1.29 is 9.90 Å². The third-order valence-corrected chi connectivity index (χ3v) is 4.40. The first-order chi connectivity index (χ1) is 10.0. The molecule has 0 radical (unpaired) electrons. The van der Waals surface area contributed by atoms with Crippen LogP contribution in [0, 0.1) is 12.8 Å². The number of rotatable bonds is 4. The topological polar surface area (TPSA) is 58.4 Å². The average molecular weight is 312 g/mol. The Morgan fingerprint density at radius 2 is 2.33 bits per heavy atom. The molecule has 1 aliphatic heterocycles. The van der Waals surface area contributed by atoms with Crippen LogP contribution >= 0.6 is 11.6 Å². The highest BCUT2D eigenvalue weighted by atomic mass is 35.5. The molecule has 1 unspecified atom stereocenters. The number of carbonyl (C=O) groups excluding carboxylic acids is 1. The van der Waals surface area contributed by atoms with Gasteiger partial charge < -0.3 is 10.0 Å². The van der Waals surface area contributed by atoms with Crippen LogP contribution in [0.5, 0.6) is 0 Å². The predicted molar refractivity (Wildman–Crippen MR) is 83.0 cm³/mol. The van der Waals surface area contributed by atoms with E-state index in [0.717, 1.165) is 43.6 Å². The van der Waals surface area contributed by atoms with Crippen molar-refractivity contribution in [3.63, 3.8) is 0 Å². The van der Waals surface area contributed by atoms with Crippen molar-refractivity contribution in [2.75, 3.05) is 19.7 Å². The van der Waals surface area contributed by atoms with Crippen molar-refractivity contribution in [2.24, 2.45) is 13.0 Å². The van der Waals surface area contributed by atoms with Gasteiger partial charge in [0, 0.05) is 38.4 Å². The highest BCUT2D eigenvalue weighted by Gasteiger charge is 2.22. The summed E-state index contributed by atoms with van der Waals surface area (Å²) < 4.78 is 1.60. The van der Waals surface area contributed by atoms with Gasteiger partial charge in [-0.3, -0.25) is 9.48 Å². The number of halogens is 1. The number of aliphatic hydroxyl groups excluding tert-OH is 1. The van der Waals surface area contributed by atoms with Gasteiger partial charge in [-0.05, 0) is 38.2 Å². The Morgan fingerprint density at radius 3 is 2.95 bits per heavy atom. The molecule has 21 heavy (non-hydrogen) atoms. The molecule has 116 valence electrons. The van der Waals surface area contributed by atoms with E-state index in [4.69, 9.17) is 16.7 Å². The van der Waals surface area contributed by atoms with E-state index < -0.39 is 0 Å². The minimum absolute atomic E-state index is 0.00282. The molecule has 1 fully saturated rings. The lowest BCUT2D eigenvalue weighted by molar-refractivity contribution is -0.127. The van der Waals surface area contributed by atoms with E-state index in [0.29, 0.717) is 11.1 Å². The highest BCUT2D eigenvalue weighted by molar-refractivity contribution is 6.31. The van der Waals surface area contributed by atoms with E-state index in [9.17, 15) is 4.79 Å². The fraction of sp³-hybridized carbons (Fsp3) is 0.600. The van der Waals surface area contributed by atoms with Crippen LogP contribution in [0.15, 0.2) is 6.08 Å². The molecule has 1 aliphatic rings. The molecular weight excluding hydrogens is 290 g/mol. The minimum atomic E-state index is -0.00282. The van der Waals surface area contributed by atoms with Gasteiger partial charge in [-0.1, -0.05) is 11.6 Å². The van der Waals surface area contributed by atoms with E-state index >= 15 is 0 Å². The lowest BCUT2D eigenvalue weighted by Gasteiger charge is -2.31. The van der Waals surface area contributed by atoms with Crippen LogP contribution in [0.3, 0.4) is 0 Å². The van der Waals surface area contributed by atoms with Crippen LogP contribution in [-0.4, -0.2) is 45.4 Å². The second-order valence-corrected chi connectivity index (χ2v) is 5.91. The number of nitrogens with zero attached hydrogens (tertiary/aromatic N) is 3. The van der Waals surface area contributed by atoms with Gasteiger partial charge in [0.1, 0.15) is 5.15 Å². The summed E-state index contributed by atoms with van der Waals surface area (Å²) in [7, 11) is 1.78. The first kappa shape index (κ1) is 16.0.